The van der Waals surface area contributed by atoms with E-state index in [9.17, 15) is 4.91 Å². The molecule has 58 valence electrons. The maximum Gasteiger partial charge on any atom is 0.110 e. The van der Waals surface area contributed by atoms with Gasteiger partial charge in [-0.15, -0.1) is 4.91 Å². The quantitative estimate of drug-likeness (QED) is 0.499. The number of hydrogen-bond donors (Lipinski definition) is 2. The molecule has 0 radical (unpaired) electrons. The predicted octanol–water partition coefficient (Wildman–Crippen LogP) is 1.71. The van der Waals surface area contributed by atoms with Crippen LogP contribution in [0.4, 0.5) is 17.1 Å². The molecule has 0 aliphatic heterocycles. The smallest absolute Gasteiger partial charge is 0.110 e. The minimum atomic E-state index is 0.378. The molecule has 3 N–H and O–H groups in total. The van der Waals surface area contributed by atoms with E-state index >= 15 is 0 Å². The van der Waals surface area contributed by atoms with Gasteiger partial charge in [0.15, 0.2) is 0 Å². The van der Waals surface area contributed by atoms with Crippen molar-refractivity contribution in [3.05, 3.63) is 23.1 Å². The first-order chi connectivity index (χ1) is 5.27. The van der Waals surface area contributed by atoms with Crippen LogP contribution in [0.1, 0.15) is 0 Å². The van der Waals surface area contributed by atoms with Crippen molar-refractivity contribution in [3.8, 4) is 0 Å². The van der Waals surface area contributed by atoms with Crippen molar-refractivity contribution in [2.75, 3.05) is 18.1 Å². The summed E-state index contributed by atoms with van der Waals surface area (Å²) in [5.74, 6) is 0. The molecule has 0 fully saturated rings. The van der Waals surface area contributed by atoms with Crippen LogP contribution in [-0.2, 0) is 0 Å². The lowest BCUT2D eigenvalue weighted by Gasteiger charge is -2.03. The Labute approximate surface area is 64.4 Å². The molecule has 0 aliphatic rings. The van der Waals surface area contributed by atoms with E-state index in [4.69, 9.17) is 5.73 Å². The molecule has 4 nitrogen and oxygen atoms in total. The van der Waals surface area contributed by atoms with Gasteiger partial charge in [0, 0.05) is 7.05 Å². The number of nitrogen functional groups attached to an aromatic ring is 1. The largest absolute Gasteiger partial charge is 0.397 e. The van der Waals surface area contributed by atoms with Crippen LogP contribution in [0.2, 0.25) is 0 Å². The molecule has 4 heteroatoms. The van der Waals surface area contributed by atoms with E-state index in [1.54, 1.807) is 25.2 Å². The van der Waals surface area contributed by atoms with Gasteiger partial charge in [-0.05, 0) is 23.4 Å². The molecule has 0 spiro atoms. The standard InChI is InChI=1S/C7H9N3O/c1-9-7-4-5(10-11)2-3-6(7)8/h2-4,9H,8H2,1H3. The first-order valence-corrected chi connectivity index (χ1v) is 3.18. The number of nitroso groups, excluding NO2 is 1. The number of nitrogens with one attached hydrogen (secondary N) is 1. The number of nitrogens with zero attached hydrogens (tertiary/aromatic N) is 1. The third-order valence-corrected chi connectivity index (χ3v) is 1.41. The fourth-order valence-corrected chi connectivity index (χ4v) is 0.818. The Balaban J connectivity index is 3.12. The van der Waals surface area contributed by atoms with E-state index in [1.165, 1.54) is 0 Å². The topological polar surface area (TPSA) is 67.5 Å². The number of anilines is 2. The number of hydrogen-bond acceptors (Lipinski definition) is 4. The summed E-state index contributed by atoms with van der Waals surface area (Å²) in [6.07, 6.45) is 0. The Morgan fingerprint density at radius 1 is 1.55 bits per heavy atom. The van der Waals surface area contributed by atoms with Gasteiger partial charge < -0.3 is 11.1 Å². The molecule has 0 unspecified atom stereocenters. The van der Waals surface area contributed by atoms with Crippen LogP contribution in [-0.4, -0.2) is 7.05 Å². The van der Waals surface area contributed by atoms with Gasteiger partial charge in [0.1, 0.15) is 5.69 Å². The highest BCUT2D eigenvalue weighted by Crippen LogP contribution is 2.23. The minimum Gasteiger partial charge on any atom is -0.397 e. The fraction of sp³-hybridized carbons (Fsp3) is 0.143. The Hall–Kier alpha value is -1.58. The number of nitrogens with two attached hydrogens (primary N) is 1. The Kier molecular flexibility index (Phi) is 2.06. The molecule has 0 heterocycles. The molecule has 0 aromatic heterocycles. The summed E-state index contributed by atoms with van der Waals surface area (Å²) >= 11 is 0. The van der Waals surface area contributed by atoms with Crippen molar-refractivity contribution in [2.24, 2.45) is 5.18 Å². The van der Waals surface area contributed by atoms with E-state index in [2.05, 4.69) is 10.5 Å². The first-order valence-electron chi connectivity index (χ1n) is 3.18. The summed E-state index contributed by atoms with van der Waals surface area (Å²) in [6.45, 7) is 0. The maximum absolute atomic E-state index is 10.1. The molecule has 1 aromatic carbocycles. The first kappa shape index (κ1) is 7.53. The summed E-state index contributed by atoms with van der Waals surface area (Å²) in [4.78, 5) is 10.1. The zero-order valence-electron chi connectivity index (χ0n) is 6.16. The molecular weight excluding hydrogens is 142 g/mol. The molecule has 0 bridgehead atoms. The average Bonchev–Trinajstić information content (AvgIpc) is 2.05. The van der Waals surface area contributed by atoms with Crippen molar-refractivity contribution < 1.29 is 0 Å². The van der Waals surface area contributed by atoms with Gasteiger partial charge >= 0.3 is 0 Å². The van der Waals surface area contributed by atoms with E-state index in [-0.39, 0.29) is 0 Å². The summed E-state index contributed by atoms with van der Waals surface area (Å²) in [6, 6.07) is 4.81. The van der Waals surface area contributed by atoms with Crippen LogP contribution in [0.15, 0.2) is 23.4 Å². The van der Waals surface area contributed by atoms with Gasteiger partial charge in [0.05, 0.1) is 11.4 Å². The van der Waals surface area contributed by atoms with Crippen LogP contribution >= 0.6 is 0 Å². The van der Waals surface area contributed by atoms with Crippen molar-refractivity contribution in [3.63, 3.8) is 0 Å². The zero-order chi connectivity index (χ0) is 8.27. The minimum absolute atomic E-state index is 0.378. The highest BCUT2D eigenvalue weighted by Gasteiger charge is 1.97. The molecule has 0 saturated carbocycles. The number of benzene rings is 1. The van der Waals surface area contributed by atoms with Crippen LogP contribution in [0, 0.1) is 4.91 Å². The number of rotatable bonds is 2. The summed E-state index contributed by atoms with van der Waals surface area (Å²) in [7, 11) is 1.74. The molecule has 0 atom stereocenters. The van der Waals surface area contributed by atoms with E-state index in [0.717, 1.165) is 5.69 Å². The van der Waals surface area contributed by atoms with Crippen LogP contribution in [0.25, 0.3) is 0 Å². The molecule has 1 rings (SSSR count). The summed E-state index contributed by atoms with van der Waals surface area (Å²) < 4.78 is 0. The van der Waals surface area contributed by atoms with Gasteiger partial charge in [-0.25, -0.2) is 0 Å². The summed E-state index contributed by atoms with van der Waals surface area (Å²) in [5, 5.41) is 5.62. The van der Waals surface area contributed by atoms with Gasteiger partial charge in [-0.1, -0.05) is 0 Å². The summed E-state index contributed by atoms with van der Waals surface area (Å²) in [5.41, 5.74) is 7.26. The van der Waals surface area contributed by atoms with E-state index < -0.39 is 0 Å². The monoisotopic (exact) mass is 151 g/mol. The fourth-order valence-electron chi connectivity index (χ4n) is 0.818. The third-order valence-electron chi connectivity index (χ3n) is 1.41. The maximum atomic E-state index is 10.1. The second kappa shape index (κ2) is 3.01. The lowest BCUT2D eigenvalue weighted by molar-refractivity contribution is 1.45. The molecular formula is C7H9N3O. The van der Waals surface area contributed by atoms with Crippen molar-refractivity contribution >= 4 is 17.1 Å². The molecule has 0 amide bonds. The van der Waals surface area contributed by atoms with Crippen LogP contribution in [0.5, 0.6) is 0 Å². The Morgan fingerprint density at radius 3 is 2.82 bits per heavy atom. The third kappa shape index (κ3) is 1.46. The molecule has 1 aromatic rings. The van der Waals surface area contributed by atoms with Crippen molar-refractivity contribution in [1.29, 1.82) is 0 Å². The van der Waals surface area contributed by atoms with Crippen LogP contribution < -0.4 is 11.1 Å². The van der Waals surface area contributed by atoms with Gasteiger partial charge in [-0.2, -0.15) is 0 Å². The normalized spacial score (nSPS) is 9.18. The Morgan fingerprint density at radius 2 is 2.27 bits per heavy atom. The van der Waals surface area contributed by atoms with E-state index in [1.807, 2.05) is 0 Å². The van der Waals surface area contributed by atoms with Gasteiger partial charge in [-0.3, -0.25) is 0 Å². The average molecular weight is 151 g/mol. The van der Waals surface area contributed by atoms with Crippen molar-refractivity contribution in [1.82, 2.24) is 0 Å². The molecule has 11 heavy (non-hydrogen) atoms. The highest BCUT2D eigenvalue weighted by atomic mass is 16.3. The van der Waals surface area contributed by atoms with E-state index in [0.29, 0.717) is 11.4 Å². The predicted molar refractivity (Wildman–Crippen MR) is 45.9 cm³/mol. The lowest BCUT2D eigenvalue weighted by Crippen LogP contribution is -1.94. The van der Waals surface area contributed by atoms with Gasteiger partial charge in [0.2, 0.25) is 0 Å². The second-order valence-corrected chi connectivity index (χ2v) is 2.11. The molecule has 0 aliphatic carbocycles. The highest BCUT2D eigenvalue weighted by molar-refractivity contribution is 5.70. The molecule has 0 saturated heterocycles. The van der Waals surface area contributed by atoms with Crippen LogP contribution in [0.3, 0.4) is 0 Å². The second-order valence-electron chi connectivity index (χ2n) is 2.11. The lowest BCUT2D eigenvalue weighted by atomic mass is 10.2. The van der Waals surface area contributed by atoms with Gasteiger partial charge in [0.25, 0.3) is 0 Å². The zero-order valence-corrected chi connectivity index (χ0v) is 6.16. The van der Waals surface area contributed by atoms with Crippen molar-refractivity contribution in [2.45, 2.75) is 0 Å². The SMILES string of the molecule is CNc1cc(N=O)ccc1N. The Bertz CT molecular complexity index is 272.